The lowest BCUT2D eigenvalue weighted by Gasteiger charge is -2.32. The summed E-state index contributed by atoms with van der Waals surface area (Å²) >= 11 is 0. The monoisotopic (exact) mass is 351 g/mol. The summed E-state index contributed by atoms with van der Waals surface area (Å²) in [6, 6.07) is 8.18. The van der Waals surface area contributed by atoms with Gasteiger partial charge in [-0.3, -0.25) is 0 Å². The van der Waals surface area contributed by atoms with Crippen molar-refractivity contribution >= 4 is 18.1 Å². The van der Waals surface area contributed by atoms with Crippen LogP contribution in [0.5, 0.6) is 0 Å². The number of rotatable bonds is 4. The van der Waals surface area contributed by atoms with Crippen molar-refractivity contribution in [3.05, 3.63) is 35.4 Å². The normalized spacial score (nSPS) is 22.4. The van der Waals surface area contributed by atoms with E-state index in [1.807, 2.05) is 67.5 Å². The molecule has 1 saturated heterocycles. The smallest absolute Gasteiger partial charge is 0.402 e. The first kappa shape index (κ1) is 19.6. The summed E-state index contributed by atoms with van der Waals surface area (Å²) in [5, 5.41) is 0. The topological polar surface area (TPSA) is 47.6 Å². The quantitative estimate of drug-likeness (QED) is 0.841. The van der Waals surface area contributed by atoms with Gasteiger partial charge in [0.15, 0.2) is 0 Å². The van der Waals surface area contributed by atoms with E-state index in [0.29, 0.717) is 0 Å². The molecule has 24 heavy (non-hydrogen) atoms. The van der Waals surface area contributed by atoms with Gasteiger partial charge in [0.25, 0.3) is 0 Å². The van der Waals surface area contributed by atoms with Gasteiger partial charge in [0, 0.05) is 0 Å². The molecule has 1 heterocycles. The predicted octanol–water partition coefficient (Wildman–Crippen LogP) is 3.72. The summed E-state index contributed by atoms with van der Waals surface area (Å²) in [6.45, 7) is 16.0. The first-order valence-corrected chi connectivity index (χ1v) is 9.59. The van der Waals surface area contributed by atoms with Crippen LogP contribution in [-0.4, -0.2) is 27.3 Å². The van der Waals surface area contributed by atoms with E-state index >= 15 is 0 Å². The number of nitrogens with one attached hydrogen (secondary N) is 1. The highest BCUT2D eigenvalue weighted by Crippen LogP contribution is 2.40. The first-order chi connectivity index (χ1) is 10.8. The van der Waals surface area contributed by atoms with Gasteiger partial charge in [-0.25, -0.2) is 8.93 Å². The minimum atomic E-state index is -1.23. The molecule has 1 N–H and O–H groups in total. The van der Waals surface area contributed by atoms with Gasteiger partial charge in [-0.15, -0.1) is 0 Å². The minimum Gasteiger partial charge on any atom is -0.402 e. The fourth-order valence-corrected chi connectivity index (χ4v) is 3.20. The molecule has 2 rings (SSSR count). The fraction of sp³-hybridized carbons (Fsp3) is 0.667. The van der Waals surface area contributed by atoms with Gasteiger partial charge in [0.2, 0.25) is 0 Å². The summed E-state index contributed by atoms with van der Waals surface area (Å²) in [7, 11) is -1.73. The van der Waals surface area contributed by atoms with E-state index in [2.05, 4.69) is 16.9 Å². The Hall–Kier alpha value is -0.685. The second-order valence-electron chi connectivity index (χ2n) is 8.51. The third kappa shape index (κ3) is 4.10. The van der Waals surface area contributed by atoms with Crippen molar-refractivity contribution in [1.82, 2.24) is 4.72 Å². The molecule has 0 spiro atoms. The van der Waals surface area contributed by atoms with Crippen molar-refractivity contribution in [3.63, 3.8) is 0 Å². The van der Waals surface area contributed by atoms with Crippen molar-refractivity contribution in [2.75, 3.05) is 0 Å². The zero-order chi connectivity index (χ0) is 18.3. The largest absolute Gasteiger partial charge is 0.481 e. The highest BCUT2D eigenvalue weighted by atomic mass is 32.2. The Morgan fingerprint density at radius 3 is 1.92 bits per heavy atom. The average Bonchev–Trinajstić information content (AvgIpc) is 2.64. The van der Waals surface area contributed by atoms with Crippen LogP contribution in [0.3, 0.4) is 0 Å². The van der Waals surface area contributed by atoms with Gasteiger partial charge in [-0.1, -0.05) is 29.8 Å². The van der Waals surface area contributed by atoms with E-state index in [-0.39, 0.29) is 10.7 Å². The van der Waals surface area contributed by atoms with Gasteiger partial charge in [0.1, 0.15) is 0 Å². The second-order valence-corrected chi connectivity index (χ2v) is 10.5. The molecule has 0 bridgehead atoms. The second kappa shape index (κ2) is 6.56. The first-order valence-electron chi connectivity index (χ1n) is 8.44. The van der Waals surface area contributed by atoms with Gasteiger partial charge in [-0.2, -0.15) is 0 Å². The zero-order valence-corrected chi connectivity index (χ0v) is 16.9. The molecule has 4 nitrogen and oxygen atoms in total. The Morgan fingerprint density at radius 2 is 1.50 bits per heavy atom. The van der Waals surface area contributed by atoms with Gasteiger partial charge < -0.3 is 9.31 Å². The summed E-state index contributed by atoms with van der Waals surface area (Å²) < 4.78 is 28.0. The molecule has 1 aromatic carbocycles. The van der Waals surface area contributed by atoms with E-state index in [1.165, 1.54) is 5.56 Å². The zero-order valence-electron chi connectivity index (χ0n) is 16.1. The molecule has 2 atom stereocenters. The van der Waals surface area contributed by atoms with Crippen molar-refractivity contribution in [2.45, 2.75) is 77.3 Å². The number of benzene rings is 1. The molecule has 0 aromatic heterocycles. The fourth-order valence-electron chi connectivity index (χ4n) is 2.37. The SMILES string of the molecule is Cc1ccc([C@H](N[S@](=O)C(C)(C)C)B2OC(C)(C)C(C)(C)O2)cc1. The van der Waals surface area contributed by atoms with Crippen molar-refractivity contribution in [2.24, 2.45) is 0 Å². The molecule has 1 aromatic rings. The van der Waals surface area contributed by atoms with Crippen LogP contribution in [0.1, 0.15) is 65.5 Å². The number of aryl methyl sites for hydroxylation is 1. The predicted molar refractivity (Wildman–Crippen MR) is 101 cm³/mol. The molecular weight excluding hydrogens is 321 g/mol. The lowest BCUT2D eigenvalue weighted by molar-refractivity contribution is 0.00578. The molecule has 0 saturated carbocycles. The van der Waals surface area contributed by atoms with E-state index in [0.717, 1.165) is 5.56 Å². The van der Waals surface area contributed by atoms with Crippen LogP contribution >= 0.6 is 0 Å². The number of hydrogen-bond donors (Lipinski definition) is 1. The third-order valence-corrected chi connectivity index (χ3v) is 6.35. The van der Waals surface area contributed by atoms with Crippen LogP contribution in [0.4, 0.5) is 0 Å². The Bertz CT molecular complexity index is 592. The van der Waals surface area contributed by atoms with Gasteiger partial charge >= 0.3 is 7.12 Å². The minimum absolute atomic E-state index is 0.299. The Labute approximate surface area is 149 Å². The molecular formula is C18H30BNO3S. The van der Waals surface area contributed by atoms with Crippen molar-refractivity contribution in [1.29, 1.82) is 0 Å². The lowest BCUT2D eigenvalue weighted by Crippen LogP contribution is -2.43. The van der Waals surface area contributed by atoms with Gasteiger partial charge in [-0.05, 0) is 61.0 Å². The lowest BCUT2D eigenvalue weighted by atomic mass is 9.75. The third-order valence-electron chi connectivity index (χ3n) is 4.77. The summed E-state index contributed by atoms with van der Waals surface area (Å²) in [5.74, 6) is -0.299. The Balaban J connectivity index is 2.34. The summed E-state index contributed by atoms with van der Waals surface area (Å²) in [4.78, 5) is 0. The molecule has 1 fully saturated rings. The van der Waals surface area contributed by atoms with E-state index in [4.69, 9.17) is 9.31 Å². The van der Waals surface area contributed by atoms with Crippen LogP contribution < -0.4 is 4.72 Å². The van der Waals surface area contributed by atoms with E-state index < -0.39 is 29.3 Å². The highest BCUT2D eigenvalue weighted by Gasteiger charge is 2.54. The Kier molecular flexibility index (Phi) is 5.37. The van der Waals surface area contributed by atoms with Crippen LogP contribution in [0.15, 0.2) is 24.3 Å². The van der Waals surface area contributed by atoms with E-state index in [1.54, 1.807) is 0 Å². The van der Waals surface area contributed by atoms with Crippen molar-refractivity contribution in [3.8, 4) is 0 Å². The maximum absolute atomic E-state index is 12.7. The molecule has 0 unspecified atom stereocenters. The molecule has 0 amide bonds. The summed E-state index contributed by atoms with van der Waals surface area (Å²) in [6.07, 6.45) is 0. The van der Waals surface area contributed by atoms with Crippen LogP contribution in [0.25, 0.3) is 0 Å². The number of hydrogen-bond acceptors (Lipinski definition) is 3. The average molecular weight is 351 g/mol. The van der Waals surface area contributed by atoms with Crippen LogP contribution in [0, 0.1) is 6.92 Å². The maximum atomic E-state index is 12.7. The highest BCUT2D eigenvalue weighted by molar-refractivity contribution is 7.84. The molecule has 1 aliphatic heterocycles. The molecule has 0 radical (unpaired) electrons. The standard InChI is InChI=1S/C18H30BNO3S/c1-13-9-11-14(12-10-13)15(20-24(21)16(2,3)4)19-22-17(5,6)18(7,8)23-19/h9-12,15,20H,1-8H3/t15-,24+/m0/s1. The van der Waals surface area contributed by atoms with E-state index in [9.17, 15) is 4.21 Å². The molecule has 1 aliphatic rings. The van der Waals surface area contributed by atoms with Crippen LogP contribution in [0.2, 0.25) is 0 Å². The Morgan fingerprint density at radius 1 is 1.04 bits per heavy atom. The molecule has 0 aliphatic carbocycles. The maximum Gasteiger partial charge on any atom is 0.481 e. The molecule has 134 valence electrons. The van der Waals surface area contributed by atoms with Crippen molar-refractivity contribution < 1.29 is 13.5 Å². The summed E-state index contributed by atoms with van der Waals surface area (Å²) in [5.41, 5.74) is 1.34. The van der Waals surface area contributed by atoms with Gasteiger partial charge in [0.05, 0.1) is 32.9 Å². The molecule has 6 heteroatoms. The van der Waals surface area contributed by atoms with Crippen LogP contribution in [-0.2, 0) is 20.3 Å².